The summed E-state index contributed by atoms with van der Waals surface area (Å²) in [6, 6.07) is 0. The first-order valence-corrected chi connectivity index (χ1v) is 4.88. The molecule has 5 heteroatoms. The van der Waals surface area contributed by atoms with Gasteiger partial charge < -0.3 is 16.2 Å². The van der Waals surface area contributed by atoms with Gasteiger partial charge in [0, 0.05) is 6.54 Å². The van der Waals surface area contributed by atoms with E-state index in [2.05, 4.69) is 5.32 Å². The molecule has 0 saturated carbocycles. The third kappa shape index (κ3) is 6.28. The second-order valence-electron chi connectivity index (χ2n) is 3.28. The fourth-order valence-corrected chi connectivity index (χ4v) is 1.24. The van der Waals surface area contributed by atoms with Crippen LogP contribution in [-0.4, -0.2) is 23.6 Å². The molecule has 0 radical (unpaired) electrons. The molecule has 0 bridgehead atoms. The highest BCUT2D eigenvalue weighted by molar-refractivity contribution is 5.74. The van der Waals surface area contributed by atoms with Crippen molar-refractivity contribution < 1.29 is 9.90 Å². The van der Waals surface area contributed by atoms with E-state index in [0.717, 1.165) is 12.8 Å². The van der Waals surface area contributed by atoms with Crippen LogP contribution in [0.5, 0.6) is 0 Å². The summed E-state index contributed by atoms with van der Waals surface area (Å²) in [4.78, 5) is 10.6. The predicted molar refractivity (Wildman–Crippen MR) is 55.2 cm³/mol. The second-order valence-corrected chi connectivity index (χ2v) is 3.28. The lowest BCUT2D eigenvalue weighted by atomic mass is 10.00. The van der Waals surface area contributed by atoms with Crippen molar-refractivity contribution >= 4 is 11.9 Å². The highest BCUT2D eigenvalue weighted by Gasteiger charge is 2.13. The van der Waals surface area contributed by atoms with E-state index in [1.165, 1.54) is 0 Å². The minimum atomic E-state index is -0.716. The average molecular weight is 201 g/mol. The highest BCUT2D eigenvalue weighted by Crippen LogP contribution is 2.11. The minimum absolute atomic E-state index is 0.0322. The molecule has 0 fully saturated rings. The lowest BCUT2D eigenvalue weighted by molar-refractivity contribution is -0.142. The number of hydrogen-bond acceptors (Lipinski definition) is 2. The lowest BCUT2D eigenvalue weighted by Gasteiger charge is -2.09. The number of hydrogen-bond donors (Lipinski definition) is 4. The zero-order valence-electron chi connectivity index (χ0n) is 8.55. The maximum atomic E-state index is 10.6. The Bertz CT molecular complexity index is 194. The van der Waals surface area contributed by atoms with Crippen LogP contribution in [0.1, 0.15) is 32.6 Å². The van der Waals surface area contributed by atoms with Crippen molar-refractivity contribution in [3.8, 4) is 0 Å². The number of nitrogens with two attached hydrogens (primary N) is 1. The average Bonchev–Trinajstić information content (AvgIpc) is 2.10. The number of carboxylic acids is 1. The van der Waals surface area contributed by atoms with Crippen LogP contribution in [0.15, 0.2) is 0 Å². The van der Waals surface area contributed by atoms with Crippen LogP contribution < -0.4 is 11.1 Å². The van der Waals surface area contributed by atoms with Crippen molar-refractivity contribution in [1.29, 1.82) is 5.41 Å². The quantitative estimate of drug-likeness (QED) is 0.277. The number of carboxylic acid groups (broad SMARTS) is 1. The van der Waals surface area contributed by atoms with Gasteiger partial charge in [0.05, 0.1) is 5.92 Å². The van der Waals surface area contributed by atoms with Gasteiger partial charge in [-0.25, -0.2) is 0 Å². The third-order valence-corrected chi connectivity index (χ3v) is 2.14. The molecule has 0 heterocycles. The molecule has 0 aromatic rings. The molecule has 0 aliphatic rings. The topological polar surface area (TPSA) is 99.2 Å². The molecule has 0 aromatic heterocycles. The first-order chi connectivity index (χ1) is 6.57. The molecule has 0 rings (SSSR count). The van der Waals surface area contributed by atoms with E-state index in [4.69, 9.17) is 16.2 Å². The first kappa shape index (κ1) is 12.7. The van der Waals surface area contributed by atoms with Crippen molar-refractivity contribution in [2.45, 2.75) is 32.6 Å². The van der Waals surface area contributed by atoms with Gasteiger partial charge in [0.15, 0.2) is 5.96 Å². The third-order valence-electron chi connectivity index (χ3n) is 2.14. The van der Waals surface area contributed by atoms with Crippen LogP contribution in [0.25, 0.3) is 0 Å². The largest absolute Gasteiger partial charge is 0.481 e. The minimum Gasteiger partial charge on any atom is -0.481 e. The van der Waals surface area contributed by atoms with E-state index in [-0.39, 0.29) is 11.9 Å². The Hall–Kier alpha value is -1.26. The molecular weight excluding hydrogens is 182 g/mol. The van der Waals surface area contributed by atoms with Gasteiger partial charge in [-0.05, 0) is 19.3 Å². The first-order valence-electron chi connectivity index (χ1n) is 4.88. The van der Waals surface area contributed by atoms with Gasteiger partial charge in [0.2, 0.25) is 0 Å². The summed E-state index contributed by atoms with van der Waals surface area (Å²) >= 11 is 0. The fraction of sp³-hybridized carbons (Fsp3) is 0.778. The van der Waals surface area contributed by atoms with E-state index in [9.17, 15) is 4.79 Å². The summed E-state index contributed by atoms with van der Waals surface area (Å²) in [7, 11) is 0. The van der Waals surface area contributed by atoms with Crippen molar-refractivity contribution in [3.05, 3.63) is 0 Å². The summed E-state index contributed by atoms with van der Waals surface area (Å²) in [5, 5.41) is 18.3. The lowest BCUT2D eigenvalue weighted by Crippen LogP contribution is -2.30. The van der Waals surface area contributed by atoms with Crippen LogP contribution in [0.2, 0.25) is 0 Å². The Morgan fingerprint density at radius 1 is 1.57 bits per heavy atom. The molecule has 5 nitrogen and oxygen atoms in total. The van der Waals surface area contributed by atoms with Gasteiger partial charge in [0.25, 0.3) is 0 Å². The van der Waals surface area contributed by atoms with E-state index >= 15 is 0 Å². The summed E-state index contributed by atoms with van der Waals surface area (Å²) in [5.41, 5.74) is 5.09. The second kappa shape index (κ2) is 7.17. The number of carbonyl (C=O) groups is 1. The molecule has 0 amide bonds. The normalized spacial score (nSPS) is 12.1. The van der Waals surface area contributed by atoms with Gasteiger partial charge in [-0.15, -0.1) is 0 Å². The van der Waals surface area contributed by atoms with Gasteiger partial charge in [-0.1, -0.05) is 13.3 Å². The highest BCUT2D eigenvalue weighted by atomic mass is 16.4. The number of nitrogens with one attached hydrogen (secondary N) is 2. The van der Waals surface area contributed by atoms with Gasteiger partial charge in [-0.3, -0.25) is 10.2 Å². The van der Waals surface area contributed by atoms with E-state index in [1.807, 2.05) is 6.92 Å². The number of unbranched alkanes of at least 4 members (excludes halogenated alkanes) is 1. The molecule has 0 spiro atoms. The van der Waals surface area contributed by atoms with Gasteiger partial charge in [-0.2, -0.15) is 0 Å². The fourth-order valence-electron chi connectivity index (χ4n) is 1.24. The number of guanidine groups is 1. The smallest absolute Gasteiger partial charge is 0.306 e. The molecule has 0 aliphatic heterocycles. The number of aliphatic carboxylic acids is 1. The van der Waals surface area contributed by atoms with Gasteiger partial charge >= 0.3 is 5.97 Å². The van der Waals surface area contributed by atoms with Crippen molar-refractivity contribution in [1.82, 2.24) is 5.32 Å². The monoisotopic (exact) mass is 201 g/mol. The molecule has 14 heavy (non-hydrogen) atoms. The molecule has 82 valence electrons. The van der Waals surface area contributed by atoms with E-state index < -0.39 is 5.97 Å². The summed E-state index contributed by atoms with van der Waals surface area (Å²) in [6.45, 7) is 2.53. The molecule has 0 aromatic carbocycles. The van der Waals surface area contributed by atoms with Crippen LogP contribution in [0, 0.1) is 11.3 Å². The molecular formula is C9H19N3O2. The van der Waals surface area contributed by atoms with Crippen LogP contribution in [0.4, 0.5) is 0 Å². The summed E-state index contributed by atoms with van der Waals surface area (Å²) < 4.78 is 0. The molecule has 0 saturated heterocycles. The van der Waals surface area contributed by atoms with Crippen molar-refractivity contribution in [2.75, 3.05) is 6.54 Å². The zero-order chi connectivity index (χ0) is 11.0. The Balaban J connectivity index is 3.42. The molecule has 0 aliphatic carbocycles. The van der Waals surface area contributed by atoms with Crippen molar-refractivity contribution in [3.63, 3.8) is 0 Å². The predicted octanol–water partition coefficient (Wildman–Crippen LogP) is 0.751. The van der Waals surface area contributed by atoms with Crippen LogP contribution in [-0.2, 0) is 4.79 Å². The number of rotatable bonds is 7. The van der Waals surface area contributed by atoms with Crippen LogP contribution in [0.3, 0.4) is 0 Å². The SMILES string of the molecule is CCC(CCCCNC(=N)N)C(=O)O. The van der Waals surface area contributed by atoms with Crippen molar-refractivity contribution in [2.24, 2.45) is 11.7 Å². The summed E-state index contributed by atoms with van der Waals surface area (Å²) in [6.07, 6.45) is 3.08. The molecule has 5 N–H and O–H groups in total. The summed E-state index contributed by atoms with van der Waals surface area (Å²) in [5.74, 6) is -0.977. The maximum Gasteiger partial charge on any atom is 0.306 e. The Morgan fingerprint density at radius 3 is 2.64 bits per heavy atom. The van der Waals surface area contributed by atoms with Gasteiger partial charge in [0.1, 0.15) is 0 Å². The van der Waals surface area contributed by atoms with Crippen LogP contribution >= 0.6 is 0 Å². The molecule has 1 atom stereocenters. The Labute approximate surface area is 84.2 Å². The maximum absolute atomic E-state index is 10.6. The van der Waals surface area contributed by atoms with E-state index in [0.29, 0.717) is 19.4 Å². The Kier molecular flexibility index (Phi) is 6.53. The molecule has 1 unspecified atom stereocenters. The Morgan fingerprint density at radius 2 is 2.21 bits per heavy atom. The zero-order valence-corrected chi connectivity index (χ0v) is 8.55. The standard InChI is InChI=1S/C9H19N3O2/c1-2-7(8(13)14)5-3-4-6-12-9(10)11/h7H,2-6H2,1H3,(H,13,14)(H4,10,11,12). The van der Waals surface area contributed by atoms with E-state index in [1.54, 1.807) is 0 Å².